The van der Waals surface area contributed by atoms with Gasteiger partial charge in [0, 0.05) is 19.3 Å². The van der Waals surface area contributed by atoms with E-state index in [0.717, 1.165) is 32.1 Å². The van der Waals surface area contributed by atoms with Gasteiger partial charge in [-0.05, 0) is 68.7 Å². The SMILES string of the molecule is CCCCC[C@@H](/C=C/[C@@H]1[C@H]2C[C@H]([C@@H](O)CCCC(=O)OC)O[C@@H]1C[C@H]2O[Si](C)(C)C(C)(C)C)OC(C)=O. The third-order valence-electron chi connectivity index (χ3n) is 8.47. The van der Waals surface area contributed by atoms with Gasteiger partial charge in [0.05, 0.1) is 31.5 Å². The minimum atomic E-state index is -2.00. The maximum atomic E-state index is 11.7. The summed E-state index contributed by atoms with van der Waals surface area (Å²) in [6.45, 7) is 14.9. The fraction of sp³-hybridized carbons (Fsp3) is 0.862. The van der Waals surface area contributed by atoms with Crippen molar-refractivity contribution in [3.8, 4) is 0 Å². The molecule has 8 heteroatoms. The number of hydrogen-bond acceptors (Lipinski definition) is 7. The van der Waals surface area contributed by atoms with E-state index in [1.807, 2.05) is 6.08 Å². The first-order valence-corrected chi connectivity index (χ1v) is 17.1. The van der Waals surface area contributed by atoms with Crippen LogP contribution in [-0.2, 0) is 28.2 Å². The van der Waals surface area contributed by atoms with Crippen LogP contribution in [0.4, 0.5) is 0 Å². The molecule has 0 aromatic rings. The highest BCUT2D eigenvalue weighted by molar-refractivity contribution is 6.74. The van der Waals surface area contributed by atoms with Crippen LogP contribution in [0.25, 0.3) is 0 Å². The van der Waals surface area contributed by atoms with Gasteiger partial charge < -0.3 is 23.7 Å². The van der Waals surface area contributed by atoms with E-state index in [2.05, 4.69) is 46.9 Å². The number of methoxy groups -OCH3 is 1. The number of carbonyl (C=O) groups excluding carboxylic acids is 2. The van der Waals surface area contributed by atoms with Gasteiger partial charge in [-0.1, -0.05) is 46.6 Å². The number of esters is 2. The van der Waals surface area contributed by atoms with E-state index >= 15 is 0 Å². The molecule has 0 spiro atoms. The molecule has 2 aliphatic rings. The van der Waals surface area contributed by atoms with Gasteiger partial charge in [-0.15, -0.1) is 0 Å². The third kappa shape index (κ3) is 9.48. The molecule has 37 heavy (non-hydrogen) atoms. The largest absolute Gasteiger partial charge is 0.469 e. The second-order valence-corrected chi connectivity index (χ2v) is 17.2. The minimum Gasteiger partial charge on any atom is -0.469 e. The fourth-order valence-electron chi connectivity index (χ4n) is 5.29. The number of unbranched alkanes of at least 4 members (excludes halogenated alkanes) is 2. The molecular formula is C29H52O7Si. The zero-order valence-electron chi connectivity index (χ0n) is 24.5. The highest BCUT2D eigenvalue weighted by atomic mass is 28.4. The summed E-state index contributed by atoms with van der Waals surface area (Å²) in [6.07, 6.45) is 10.0. The van der Waals surface area contributed by atoms with Crippen LogP contribution in [-0.4, -0.2) is 63.0 Å². The minimum absolute atomic E-state index is 0.0568. The third-order valence-corrected chi connectivity index (χ3v) is 13.0. The Kier molecular flexibility index (Phi) is 12.3. The highest BCUT2D eigenvalue weighted by Gasteiger charge is 2.52. The summed E-state index contributed by atoms with van der Waals surface area (Å²) >= 11 is 0. The van der Waals surface area contributed by atoms with E-state index in [4.69, 9.17) is 18.6 Å². The lowest BCUT2D eigenvalue weighted by atomic mass is 9.83. The van der Waals surface area contributed by atoms with E-state index in [1.54, 1.807) is 0 Å². The van der Waals surface area contributed by atoms with E-state index in [1.165, 1.54) is 14.0 Å². The Balaban J connectivity index is 2.17. The van der Waals surface area contributed by atoms with Crippen molar-refractivity contribution in [3.63, 3.8) is 0 Å². The predicted molar refractivity (Wildman–Crippen MR) is 148 cm³/mol. The van der Waals surface area contributed by atoms with Gasteiger partial charge >= 0.3 is 11.9 Å². The molecule has 1 saturated carbocycles. The van der Waals surface area contributed by atoms with Crippen LogP contribution in [0.2, 0.25) is 18.1 Å². The molecule has 1 aliphatic carbocycles. The Morgan fingerprint density at radius 1 is 1.14 bits per heavy atom. The molecule has 0 aromatic heterocycles. The highest BCUT2D eigenvalue weighted by Crippen LogP contribution is 2.49. The molecule has 0 amide bonds. The summed E-state index contributed by atoms with van der Waals surface area (Å²) in [5.74, 6) is -0.148. The second kappa shape index (κ2) is 14.2. The molecule has 1 aliphatic heterocycles. The molecule has 7 atom stereocenters. The van der Waals surface area contributed by atoms with Gasteiger partial charge in [0.2, 0.25) is 0 Å². The van der Waals surface area contributed by atoms with Crippen LogP contribution in [0.15, 0.2) is 12.2 Å². The van der Waals surface area contributed by atoms with Gasteiger partial charge in [0.1, 0.15) is 6.10 Å². The smallest absolute Gasteiger partial charge is 0.305 e. The summed E-state index contributed by atoms with van der Waals surface area (Å²) in [4.78, 5) is 23.2. The van der Waals surface area contributed by atoms with Crippen molar-refractivity contribution >= 4 is 20.3 Å². The zero-order chi connectivity index (χ0) is 27.8. The molecule has 1 N–H and O–H groups in total. The van der Waals surface area contributed by atoms with Gasteiger partial charge in [0.15, 0.2) is 8.32 Å². The van der Waals surface area contributed by atoms with Crippen LogP contribution < -0.4 is 0 Å². The molecule has 2 rings (SSSR count). The average molecular weight is 541 g/mol. The second-order valence-electron chi connectivity index (χ2n) is 12.4. The standard InChI is InChI=1S/C29H52O7Si/c1-9-10-11-13-21(34-20(2)30)16-17-22-23-18-27(24(31)14-12-15-28(32)33-6)35-25(22)19-26(23)36-37(7,8)29(3,4)5/h16-17,21-27,31H,9-15,18-19H2,1-8H3/b17-16+/t21-,22+,23+,24-,25+,26+,27+/m0/s1. The molecule has 0 unspecified atom stereocenters. The Hall–Kier alpha value is -1.22. The normalized spacial score (nSPS) is 27.8. The lowest BCUT2D eigenvalue weighted by molar-refractivity contribution is -0.144. The quantitative estimate of drug-likeness (QED) is 0.126. The first-order valence-electron chi connectivity index (χ1n) is 14.2. The summed E-state index contributed by atoms with van der Waals surface area (Å²) in [6, 6.07) is 0. The number of aliphatic hydroxyl groups excluding tert-OH is 1. The van der Waals surface area contributed by atoms with Crippen LogP contribution >= 0.6 is 0 Å². The maximum Gasteiger partial charge on any atom is 0.305 e. The summed E-state index contributed by atoms with van der Waals surface area (Å²) in [5.41, 5.74) is 0. The zero-order valence-corrected chi connectivity index (χ0v) is 25.5. The Labute approximate surface area is 225 Å². The number of ether oxygens (including phenoxy) is 3. The van der Waals surface area contributed by atoms with Crippen molar-refractivity contribution in [3.05, 3.63) is 12.2 Å². The number of aliphatic hydroxyl groups is 1. The number of fused-ring (bicyclic) bond motifs is 2. The van der Waals surface area contributed by atoms with Crippen molar-refractivity contribution in [1.82, 2.24) is 0 Å². The lowest BCUT2D eigenvalue weighted by Gasteiger charge is -2.41. The molecule has 0 aromatic carbocycles. The van der Waals surface area contributed by atoms with E-state index in [0.29, 0.717) is 25.7 Å². The monoisotopic (exact) mass is 540 g/mol. The number of rotatable bonds is 14. The van der Waals surface area contributed by atoms with Crippen molar-refractivity contribution < 1.29 is 33.3 Å². The van der Waals surface area contributed by atoms with Crippen molar-refractivity contribution in [2.75, 3.05) is 7.11 Å². The summed E-state index contributed by atoms with van der Waals surface area (Å²) < 4.78 is 23.7. The predicted octanol–water partition coefficient (Wildman–Crippen LogP) is 5.94. The van der Waals surface area contributed by atoms with Gasteiger partial charge in [-0.3, -0.25) is 9.59 Å². The molecule has 7 nitrogen and oxygen atoms in total. The first-order chi connectivity index (χ1) is 17.3. The molecule has 2 bridgehead atoms. The fourth-order valence-corrected chi connectivity index (χ4v) is 6.67. The topological polar surface area (TPSA) is 91.3 Å². The molecule has 214 valence electrons. The summed E-state index contributed by atoms with van der Waals surface area (Å²) in [7, 11) is -0.616. The van der Waals surface area contributed by atoms with E-state index < -0.39 is 14.4 Å². The van der Waals surface area contributed by atoms with Crippen molar-refractivity contribution in [2.24, 2.45) is 11.8 Å². The Morgan fingerprint density at radius 3 is 2.43 bits per heavy atom. The lowest BCUT2D eigenvalue weighted by Crippen LogP contribution is -2.46. The average Bonchev–Trinajstić information content (AvgIpc) is 2.98. The molecule has 1 heterocycles. The van der Waals surface area contributed by atoms with Crippen LogP contribution in [0.3, 0.4) is 0 Å². The summed E-state index contributed by atoms with van der Waals surface area (Å²) in [5, 5.41) is 11.0. The van der Waals surface area contributed by atoms with Gasteiger partial charge in [-0.2, -0.15) is 0 Å². The number of carbonyl (C=O) groups is 2. The van der Waals surface area contributed by atoms with Gasteiger partial charge in [0.25, 0.3) is 0 Å². The van der Waals surface area contributed by atoms with Crippen LogP contribution in [0, 0.1) is 11.8 Å². The maximum absolute atomic E-state index is 11.7. The van der Waals surface area contributed by atoms with E-state index in [9.17, 15) is 14.7 Å². The molecule has 0 radical (unpaired) electrons. The molecule has 2 fully saturated rings. The molecule has 1 saturated heterocycles. The van der Waals surface area contributed by atoms with Crippen LogP contribution in [0.1, 0.15) is 92.4 Å². The van der Waals surface area contributed by atoms with Crippen molar-refractivity contribution in [2.45, 2.75) is 141 Å². The Bertz CT molecular complexity index is 760. The first kappa shape index (κ1) is 32.0. The van der Waals surface area contributed by atoms with Crippen molar-refractivity contribution in [1.29, 1.82) is 0 Å². The van der Waals surface area contributed by atoms with E-state index in [-0.39, 0.29) is 53.2 Å². The Morgan fingerprint density at radius 2 is 1.84 bits per heavy atom. The number of hydrogen-bond donors (Lipinski definition) is 1. The molecular weight excluding hydrogens is 488 g/mol. The van der Waals surface area contributed by atoms with Crippen LogP contribution in [0.5, 0.6) is 0 Å². The van der Waals surface area contributed by atoms with Gasteiger partial charge in [-0.25, -0.2) is 0 Å².